The Labute approximate surface area is 273 Å². The van der Waals surface area contributed by atoms with Crippen molar-refractivity contribution >= 4 is 43.6 Å². The van der Waals surface area contributed by atoms with Crippen LogP contribution in [0.3, 0.4) is 0 Å². The summed E-state index contributed by atoms with van der Waals surface area (Å²) in [7, 11) is 0. The molecule has 1 aliphatic carbocycles. The fraction of sp³-hybridized carbons (Fsp3) is 0.0667. The molecule has 1 aliphatic rings. The van der Waals surface area contributed by atoms with Gasteiger partial charge in [-0.05, 0) is 89.2 Å². The summed E-state index contributed by atoms with van der Waals surface area (Å²) in [6.07, 6.45) is 2.05. The summed E-state index contributed by atoms with van der Waals surface area (Å²) in [5, 5.41) is 5.33. The average molecular weight is 601 g/mol. The molecule has 2 nitrogen and oxygen atoms in total. The molecule has 1 unspecified atom stereocenters. The first-order chi connectivity index (χ1) is 23.3. The molecule has 47 heavy (non-hydrogen) atoms. The Morgan fingerprint density at radius 3 is 1.79 bits per heavy atom. The molecule has 2 heteroatoms. The lowest BCUT2D eigenvalue weighted by atomic mass is 9.88. The maximum Gasteiger partial charge on any atom is 0.0544 e. The third-order valence-corrected chi connectivity index (χ3v) is 10.3. The highest BCUT2D eigenvalue weighted by Gasteiger charge is 2.32. The largest absolute Gasteiger partial charge is 0.309 e. The van der Waals surface area contributed by atoms with E-state index in [4.69, 9.17) is 0 Å². The Morgan fingerprint density at radius 2 is 1.02 bits per heavy atom. The van der Waals surface area contributed by atoms with Crippen molar-refractivity contribution in [3.8, 4) is 22.5 Å². The van der Waals surface area contributed by atoms with Gasteiger partial charge in [0.05, 0.1) is 22.1 Å². The van der Waals surface area contributed by atoms with Gasteiger partial charge < -0.3 is 9.13 Å². The van der Waals surface area contributed by atoms with E-state index >= 15 is 0 Å². The van der Waals surface area contributed by atoms with Crippen LogP contribution in [0.25, 0.3) is 66.1 Å². The van der Waals surface area contributed by atoms with Crippen molar-refractivity contribution in [1.82, 2.24) is 9.13 Å². The lowest BCUT2D eigenvalue weighted by Crippen LogP contribution is -2.01. The van der Waals surface area contributed by atoms with Crippen LogP contribution in [0.1, 0.15) is 29.0 Å². The van der Waals surface area contributed by atoms with E-state index in [0.717, 1.165) is 12.8 Å². The number of para-hydroxylation sites is 4. The van der Waals surface area contributed by atoms with Gasteiger partial charge in [0.1, 0.15) is 0 Å². The second kappa shape index (κ2) is 10.3. The van der Waals surface area contributed by atoms with Crippen molar-refractivity contribution in [2.24, 2.45) is 0 Å². The molecule has 222 valence electrons. The van der Waals surface area contributed by atoms with Crippen LogP contribution in [0.5, 0.6) is 0 Å². The van der Waals surface area contributed by atoms with E-state index in [2.05, 4.69) is 173 Å². The molecular formula is C45H32N2. The number of hydrogen-bond acceptors (Lipinski definition) is 0. The second-order valence-corrected chi connectivity index (χ2v) is 12.8. The zero-order valence-corrected chi connectivity index (χ0v) is 26.0. The van der Waals surface area contributed by atoms with E-state index < -0.39 is 0 Å². The highest BCUT2D eigenvalue weighted by molar-refractivity contribution is 6.14. The van der Waals surface area contributed by atoms with E-state index in [9.17, 15) is 0 Å². The summed E-state index contributed by atoms with van der Waals surface area (Å²) in [4.78, 5) is 0. The third-order valence-electron chi connectivity index (χ3n) is 10.3. The van der Waals surface area contributed by atoms with Gasteiger partial charge in [-0.2, -0.15) is 0 Å². The molecule has 0 saturated carbocycles. The normalized spacial score (nSPS) is 13.9. The van der Waals surface area contributed by atoms with Crippen LogP contribution in [0.4, 0.5) is 0 Å². The fourth-order valence-corrected chi connectivity index (χ4v) is 8.38. The van der Waals surface area contributed by atoms with Gasteiger partial charge in [0.25, 0.3) is 0 Å². The van der Waals surface area contributed by atoms with Gasteiger partial charge in [-0.1, -0.05) is 115 Å². The molecule has 0 spiro atoms. The Kier molecular flexibility index (Phi) is 5.80. The molecular weight excluding hydrogens is 569 g/mol. The Morgan fingerprint density at radius 1 is 0.426 bits per heavy atom. The van der Waals surface area contributed by atoms with E-state index in [0.29, 0.717) is 5.92 Å². The minimum atomic E-state index is 0.315. The second-order valence-electron chi connectivity index (χ2n) is 12.8. The number of aromatic nitrogens is 2. The van der Waals surface area contributed by atoms with Gasteiger partial charge in [0.2, 0.25) is 0 Å². The summed E-state index contributed by atoms with van der Waals surface area (Å²) < 4.78 is 4.87. The number of hydrogen-bond donors (Lipinski definition) is 0. The lowest BCUT2D eigenvalue weighted by Gasteiger charge is -2.16. The van der Waals surface area contributed by atoms with Gasteiger partial charge >= 0.3 is 0 Å². The summed E-state index contributed by atoms with van der Waals surface area (Å²) >= 11 is 0. The summed E-state index contributed by atoms with van der Waals surface area (Å²) in [6.45, 7) is 0. The van der Waals surface area contributed by atoms with Crippen molar-refractivity contribution in [2.45, 2.75) is 18.8 Å². The molecule has 0 radical (unpaired) electrons. The molecule has 1 atom stereocenters. The monoisotopic (exact) mass is 600 g/mol. The van der Waals surface area contributed by atoms with Crippen molar-refractivity contribution in [3.63, 3.8) is 0 Å². The molecule has 0 aliphatic heterocycles. The maximum absolute atomic E-state index is 2.45. The fourth-order valence-electron chi connectivity index (χ4n) is 8.38. The molecule has 0 fully saturated rings. The summed E-state index contributed by atoms with van der Waals surface area (Å²) in [6, 6.07) is 60.2. The lowest BCUT2D eigenvalue weighted by molar-refractivity contribution is 0.734. The van der Waals surface area contributed by atoms with Gasteiger partial charge in [-0.3, -0.25) is 0 Å². The molecule has 10 rings (SSSR count). The standard InChI is InChI=1S/C45H32N2/c1-3-13-31(14-4-1)46-41-22-12-10-20-39(41)45-42(46)28-27-38-34-18-8-7-17-33(34)37(44(38)45)26-24-30-23-25-36-35-19-9-11-21-40(35)47(43(36)29-30)32-15-5-2-6-16-32/h1-23,25,27-29,37H,24,26H2. The average Bonchev–Trinajstić information content (AvgIpc) is 3.77. The first-order valence-electron chi connectivity index (χ1n) is 16.6. The third kappa shape index (κ3) is 3.91. The van der Waals surface area contributed by atoms with Crippen LogP contribution in [-0.2, 0) is 6.42 Å². The highest BCUT2D eigenvalue weighted by atomic mass is 15.0. The van der Waals surface area contributed by atoms with E-state index in [-0.39, 0.29) is 0 Å². The van der Waals surface area contributed by atoms with Crippen LogP contribution in [0.15, 0.2) is 164 Å². The molecule has 2 heterocycles. The molecule has 0 amide bonds. The summed E-state index contributed by atoms with van der Waals surface area (Å²) in [5.41, 5.74) is 14.5. The Balaban J connectivity index is 1.13. The molecule has 0 saturated heterocycles. The van der Waals surface area contributed by atoms with Gasteiger partial charge in [0.15, 0.2) is 0 Å². The molecule has 2 aromatic heterocycles. The first-order valence-corrected chi connectivity index (χ1v) is 16.6. The zero-order chi connectivity index (χ0) is 30.9. The van der Waals surface area contributed by atoms with Gasteiger partial charge in [-0.25, -0.2) is 0 Å². The molecule has 7 aromatic carbocycles. The quantitative estimate of drug-likeness (QED) is 0.186. The minimum Gasteiger partial charge on any atom is -0.309 e. The smallest absolute Gasteiger partial charge is 0.0544 e. The van der Waals surface area contributed by atoms with E-state index in [1.54, 1.807) is 0 Å². The number of fused-ring (bicyclic) bond motifs is 10. The SMILES string of the molecule is c1ccc(-n2c3ccccc3c3ccc(CCC4c5ccccc5-c5ccc6c(c54)c4ccccc4n6-c4ccccc4)cc32)cc1. The van der Waals surface area contributed by atoms with Gasteiger partial charge in [-0.15, -0.1) is 0 Å². The number of nitrogens with zero attached hydrogens (tertiary/aromatic N) is 2. The van der Waals surface area contributed by atoms with Crippen LogP contribution in [0.2, 0.25) is 0 Å². The maximum atomic E-state index is 2.45. The molecule has 9 aromatic rings. The van der Waals surface area contributed by atoms with Crippen molar-refractivity contribution < 1.29 is 0 Å². The topological polar surface area (TPSA) is 9.86 Å². The first kappa shape index (κ1) is 26.4. The van der Waals surface area contributed by atoms with Gasteiger partial charge in [0, 0.05) is 38.8 Å². The number of aryl methyl sites for hydroxylation is 1. The molecule has 0 N–H and O–H groups in total. The Bertz CT molecular complexity index is 2620. The predicted molar refractivity (Wildman–Crippen MR) is 197 cm³/mol. The Hall–Kier alpha value is -5.86. The van der Waals surface area contributed by atoms with Crippen molar-refractivity contribution in [2.75, 3.05) is 0 Å². The van der Waals surface area contributed by atoms with Crippen LogP contribution < -0.4 is 0 Å². The summed E-state index contributed by atoms with van der Waals surface area (Å²) in [5.74, 6) is 0.315. The van der Waals surface area contributed by atoms with E-state index in [1.165, 1.54) is 82.8 Å². The number of rotatable bonds is 5. The van der Waals surface area contributed by atoms with Crippen LogP contribution in [0, 0.1) is 0 Å². The van der Waals surface area contributed by atoms with E-state index in [1.807, 2.05) is 0 Å². The minimum absolute atomic E-state index is 0.315. The molecule has 0 bridgehead atoms. The predicted octanol–water partition coefficient (Wildman–Crippen LogP) is 11.6. The number of benzene rings is 7. The van der Waals surface area contributed by atoms with Crippen molar-refractivity contribution in [1.29, 1.82) is 0 Å². The highest BCUT2D eigenvalue weighted by Crippen LogP contribution is 2.52. The van der Waals surface area contributed by atoms with Crippen LogP contribution >= 0.6 is 0 Å². The van der Waals surface area contributed by atoms with Crippen molar-refractivity contribution in [3.05, 3.63) is 180 Å². The van der Waals surface area contributed by atoms with Crippen LogP contribution in [-0.4, -0.2) is 9.13 Å². The zero-order valence-electron chi connectivity index (χ0n) is 26.0.